The summed E-state index contributed by atoms with van der Waals surface area (Å²) in [7, 11) is 0. The molecule has 0 saturated carbocycles. The van der Waals surface area contributed by atoms with Gasteiger partial charge in [-0.05, 0) is 31.0 Å². The van der Waals surface area contributed by atoms with Crippen LogP contribution >= 0.6 is 0 Å². The van der Waals surface area contributed by atoms with Gasteiger partial charge in [0.2, 0.25) is 0 Å². The van der Waals surface area contributed by atoms with Crippen molar-refractivity contribution in [3.8, 4) is 0 Å². The maximum atomic E-state index is 3.63. The van der Waals surface area contributed by atoms with Crippen LogP contribution in [0.4, 0.5) is 5.69 Å². The van der Waals surface area contributed by atoms with Crippen LogP contribution in [0.25, 0.3) is 0 Å². The van der Waals surface area contributed by atoms with E-state index in [2.05, 4.69) is 41.8 Å². The molecule has 1 aromatic rings. The first-order chi connectivity index (χ1) is 7.90. The van der Waals surface area contributed by atoms with E-state index in [1.54, 1.807) is 0 Å². The number of fused-ring (bicyclic) bond motifs is 1. The molecule has 1 aromatic carbocycles. The van der Waals surface area contributed by atoms with Crippen LogP contribution in [0.15, 0.2) is 24.3 Å². The standard InChI is InChI=1S/C14H22N2/c1-2-3-6-9-15-13-10-12-7-4-5-8-14(12)16-11-13/h4-5,7-8,13,15-16H,2-3,6,9-11H2,1H3. The van der Waals surface area contributed by atoms with Gasteiger partial charge in [-0.2, -0.15) is 0 Å². The van der Waals surface area contributed by atoms with Gasteiger partial charge in [-0.15, -0.1) is 0 Å². The van der Waals surface area contributed by atoms with Gasteiger partial charge < -0.3 is 10.6 Å². The van der Waals surface area contributed by atoms with Crippen LogP contribution in [0.3, 0.4) is 0 Å². The van der Waals surface area contributed by atoms with E-state index in [0.29, 0.717) is 6.04 Å². The lowest BCUT2D eigenvalue weighted by Gasteiger charge is -2.27. The van der Waals surface area contributed by atoms with E-state index in [1.165, 1.54) is 30.5 Å². The van der Waals surface area contributed by atoms with E-state index in [9.17, 15) is 0 Å². The lowest BCUT2D eigenvalue weighted by Crippen LogP contribution is -2.40. The quantitative estimate of drug-likeness (QED) is 0.743. The minimum atomic E-state index is 0.603. The largest absolute Gasteiger partial charge is 0.383 e. The van der Waals surface area contributed by atoms with E-state index in [4.69, 9.17) is 0 Å². The summed E-state index contributed by atoms with van der Waals surface area (Å²) in [5.74, 6) is 0. The van der Waals surface area contributed by atoms with Gasteiger partial charge in [-0.25, -0.2) is 0 Å². The molecular formula is C14H22N2. The zero-order valence-corrected chi connectivity index (χ0v) is 10.1. The highest BCUT2D eigenvalue weighted by Crippen LogP contribution is 2.20. The first-order valence-electron chi connectivity index (χ1n) is 6.45. The van der Waals surface area contributed by atoms with Gasteiger partial charge in [0.25, 0.3) is 0 Å². The normalized spacial score (nSPS) is 18.9. The second-order valence-electron chi connectivity index (χ2n) is 4.60. The predicted molar refractivity (Wildman–Crippen MR) is 70.0 cm³/mol. The number of para-hydroxylation sites is 1. The van der Waals surface area contributed by atoms with Gasteiger partial charge in [-0.3, -0.25) is 0 Å². The van der Waals surface area contributed by atoms with E-state index >= 15 is 0 Å². The Morgan fingerprint density at radius 3 is 3.06 bits per heavy atom. The predicted octanol–water partition coefficient (Wildman–Crippen LogP) is 2.80. The van der Waals surface area contributed by atoms with E-state index in [0.717, 1.165) is 19.5 Å². The van der Waals surface area contributed by atoms with Crippen LogP contribution < -0.4 is 10.6 Å². The number of hydrogen-bond acceptors (Lipinski definition) is 2. The zero-order chi connectivity index (χ0) is 11.2. The summed E-state index contributed by atoms with van der Waals surface area (Å²) in [5, 5.41) is 7.13. The molecule has 88 valence electrons. The number of unbranched alkanes of at least 4 members (excludes halogenated alkanes) is 2. The maximum absolute atomic E-state index is 3.63. The molecule has 1 atom stereocenters. The van der Waals surface area contributed by atoms with Gasteiger partial charge in [0, 0.05) is 18.3 Å². The van der Waals surface area contributed by atoms with Crippen molar-refractivity contribution in [3.63, 3.8) is 0 Å². The molecule has 1 unspecified atom stereocenters. The number of nitrogens with one attached hydrogen (secondary N) is 2. The van der Waals surface area contributed by atoms with Crippen LogP contribution in [0.5, 0.6) is 0 Å². The Labute approximate surface area is 98.4 Å². The third kappa shape index (κ3) is 2.99. The van der Waals surface area contributed by atoms with Crippen molar-refractivity contribution >= 4 is 5.69 Å². The van der Waals surface area contributed by atoms with Crippen molar-refractivity contribution in [3.05, 3.63) is 29.8 Å². The lowest BCUT2D eigenvalue weighted by molar-refractivity contribution is 0.501. The average molecular weight is 218 g/mol. The summed E-state index contributed by atoms with van der Waals surface area (Å²) in [4.78, 5) is 0. The van der Waals surface area contributed by atoms with Crippen LogP contribution in [0.1, 0.15) is 31.7 Å². The molecule has 0 bridgehead atoms. The molecule has 0 aromatic heterocycles. The third-order valence-corrected chi connectivity index (χ3v) is 3.24. The van der Waals surface area contributed by atoms with Crippen LogP contribution in [0, 0.1) is 0 Å². The smallest absolute Gasteiger partial charge is 0.0373 e. The summed E-state index contributed by atoms with van der Waals surface area (Å²) < 4.78 is 0. The summed E-state index contributed by atoms with van der Waals surface area (Å²) in [5.41, 5.74) is 2.76. The fourth-order valence-corrected chi connectivity index (χ4v) is 2.27. The molecule has 16 heavy (non-hydrogen) atoms. The molecule has 0 spiro atoms. The van der Waals surface area contributed by atoms with E-state index in [-0.39, 0.29) is 0 Å². The van der Waals surface area contributed by atoms with Gasteiger partial charge in [0.05, 0.1) is 0 Å². The van der Waals surface area contributed by atoms with Crippen molar-refractivity contribution in [2.24, 2.45) is 0 Å². The lowest BCUT2D eigenvalue weighted by atomic mass is 10.00. The molecule has 0 radical (unpaired) electrons. The van der Waals surface area contributed by atoms with E-state index < -0.39 is 0 Å². The summed E-state index contributed by atoms with van der Waals surface area (Å²) >= 11 is 0. The molecule has 1 heterocycles. The Bertz CT molecular complexity index is 322. The Morgan fingerprint density at radius 2 is 2.19 bits per heavy atom. The van der Waals surface area contributed by atoms with Crippen molar-refractivity contribution in [2.75, 3.05) is 18.4 Å². The maximum Gasteiger partial charge on any atom is 0.0373 e. The summed E-state index contributed by atoms with van der Waals surface area (Å²) in [6.45, 7) is 4.46. The molecule has 0 aliphatic carbocycles. The Morgan fingerprint density at radius 1 is 1.31 bits per heavy atom. The molecule has 0 amide bonds. The second kappa shape index (κ2) is 5.90. The Hall–Kier alpha value is -1.02. The molecular weight excluding hydrogens is 196 g/mol. The fraction of sp³-hybridized carbons (Fsp3) is 0.571. The monoisotopic (exact) mass is 218 g/mol. The van der Waals surface area contributed by atoms with Crippen molar-refractivity contribution in [1.29, 1.82) is 0 Å². The van der Waals surface area contributed by atoms with Gasteiger partial charge in [0.1, 0.15) is 0 Å². The summed E-state index contributed by atoms with van der Waals surface area (Å²) in [6.07, 6.45) is 5.10. The molecule has 2 rings (SSSR count). The SMILES string of the molecule is CCCCCNC1CNc2ccccc2C1. The minimum Gasteiger partial charge on any atom is -0.383 e. The Kier molecular flexibility index (Phi) is 4.23. The molecule has 1 aliphatic rings. The van der Waals surface area contributed by atoms with Crippen molar-refractivity contribution < 1.29 is 0 Å². The highest BCUT2D eigenvalue weighted by Gasteiger charge is 2.16. The molecule has 0 saturated heterocycles. The summed E-state index contributed by atoms with van der Waals surface area (Å²) in [6, 6.07) is 9.22. The molecule has 2 nitrogen and oxygen atoms in total. The number of anilines is 1. The van der Waals surface area contributed by atoms with Gasteiger partial charge >= 0.3 is 0 Å². The van der Waals surface area contributed by atoms with Gasteiger partial charge in [0.15, 0.2) is 0 Å². The Balaban J connectivity index is 1.79. The number of benzene rings is 1. The number of hydrogen-bond donors (Lipinski definition) is 2. The minimum absolute atomic E-state index is 0.603. The van der Waals surface area contributed by atoms with Crippen LogP contribution in [-0.4, -0.2) is 19.1 Å². The second-order valence-corrected chi connectivity index (χ2v) is 4.60. The molecule has 1 aliphatic heterocycles. The van der Waals surface area contributed by atoms with Crippen molar-refractivity contribution in [2.45, 2.75) is 38.6 Å². The molecule has 2 heteroatoms. The molecule has 2 N–H and O–H groups in total. The van der Waals surface area contributed by atoms with Gasteiger partial charge in [-0.1, -0.05) is 38.0 Å². The first kappa shape index (κ1) is 11.5. The van der Waals surface area contributed by atoms with E-state index in [1.807, 2.05) is 0 Å². The molecule has 0 fully saturated rings. The fourth-order valence-electron chi connectivity index (χ4n) is 2.27. The van der Waals surface area contributed by atoms with Crippen LogP contribution in [0.2, 0.25) is 0 Å². The van der Waals surface area contributed by atoms with Crippen molar-refractivity contribution in [1.82, 2.24) is 5.32 Å². The highest BCUT2D eigenvalue weighted by molar-refractivity contribution is 5.53. The van der Waals surface area contributed by atoms with Crippen LogP contribution in [-0.2, 0) is 6.42 Å². The first-order valence-corrected chi connectivity index (χ1v) is 6.45. The zero-order valence-electron chi connectivity index (χ0n) is 10.1. The number of rotatable bonds is 5. The topological polar surface area (TPSA) is 24.1 Å². The highest BCUT2D eigenvalue weighted by atomic mass is 15.0. The average Bonchev–Trinajstić information content (AvgIpc) is 2.34. The third-order valence-electron chi connectivity index (χ3n) is 3.24.